The summed E-state index contributed by atoms with van der Waals surface area (Å²) in [5.74, 6) is 0.0551. The number of aromatic nitrogens is 1. The van der Waals surface area contributed by atoms with E-state index in [9.17, 15) is 13.2 Å². The Morgan fingerprint density at radius 1 is 1.30 bits per heavy atom. The van der Waals surface area contributed by atoms with Crippen molar-refractivity contribution in [3.05, 3.63) is 42.1 Å². The van der Waals surface area contributed by atoms with Crippen molar-refractivity contribution in [1.29, 1.82) is 0 Å². The molecule has 1 N–H and O–H groups in total. The van der Waals surface area contributed by atoms with E-state index in [0.717, 1.165) is 29.3 Å². The third-order valence-electron chi connectivity index (χ3n) is 4.20. The number of sulfone groups is 1. The van der Waals surface area contributed by atoms with Crippen molar-refractivity contribution in [3.63, 3.8) is 0 Å². The number of amides is 1. The average molecular weight is 332 g/mol. The van der Waals surface area contributed by atoms with Crippen LogP contribution in [0, 0.1) is 5.41 Å². The molecule has 23 heavy (non-hydrogen) atoms. The quantitative estimate of drug-likeness (QED) is 0.874. The monoisotopic (exact) mass is 332 g/mol. The second-order valence-electron chi connectivity index (χ2n) is 6.56. The Morgan fingerprint density at radius 3 is 2.74 bits per heavy atom. The van der Waals surface area contributed by atoms with Gasteiger partial charge in [0.2, 0.25) is 5.91 Å². The average Bonchev–Trinajstić information content (AvgIpc) is 3.23. The molecule has 1 aromatic carbocycles. The van der Waals surface area contributed by atoms with Crippen molar-refractivity contribution in [2.75, 3.05) is 18.6 Å². The minimum absolute atomic E-state index is 0.0955. The van der Waals surface area contributed by atoms with E-state index < -0.39 is 9.84 Å². The molecule has 5 nitrogen and oxygen atoms in total. The lowest BCUT2D eigenvalue weighted by atomic mass is 10.1. The number of para-hydroxylation sites is 1. The number of hydrogen-bond donors (Lipinski definition) is 1. The Balaban J connectivity index is 1.58. The third-order valence-corrected chi connectivity index (χ3v) is 5.33. The molecule has 122 valence electrons. The van der Waals surface area contributed by atoms with Crippen molar-refractivity contribution in [1.82, 2.24) is 10.3 Å². The van der Waals surface area contributed by atoms with Crippen molar-refractivity contribution in [3.8, 4) is 0 Å². The lowest BCUT2D eigenvalue weighted by Gasteiger charge is -2.14. The van der Waals surface area contributed by atoms with Gasteiger partial charge in [0.25, 0.3) is 0 Å². The molecular weight excluding hydrogens is 312 g/mol. The molecule has 2 aromatic rings. The second kappa shape index (κ2) is 5.92. The molecule has 0 spiro atoms. The molecule has 1 aromatic heterocycles. The van der Waals surface area contributed by atoms with Crippen molar-refractivity contribution >= 4 is 26.6 Å². The highest BCUT2D eigenvalue weighted by atomic mass is 32.2. The smallest absolute Gasteiger partial charge is 0.224 e. The highest BCUT2D eigenvalue weighted by Gasteiger charge is 2.45. The van der Waals surface area contributed by atoms with E-state index in [4.69, 9.17) is 0 Å². The maximum Gasteiger partial charge on any atom is 0.224 e. The molecule has 0 saturated heterocycles. The van der Waals surface area contributed by atoms with Gasteiger partial charge in [-0.2, -0.15) is 0 Å². The number of pyridine rings is 1. The fourth-order valence-corrected chi connectivity index (χ4v) is 4.36. The normalized spacial score (nSPS) is 16.2. The first-order valence-corrected chi connectivity index (χ1v) is 9.69. The molecule has 1 heterocycles. The van der Waals surface area contributed by atoms with Crippen LogP contribution in [0.4, 0.5) is 0 Å². The van der Waals surface area contributed by atoms with E-state index in [0.29, 0.717) is 6.54 Å². The zero-order valence-electron chi connectivity index (χ0n) is 13.1. The molecule has 6 heteroatoms. The van der Waals surface area contributed by atoms with Crippen LogP contribution >= 0.6 is 0 Å². The maximum absolute atomic E-state index is 12.1. The minimum atomic E-state index is -3.01. The summed E-state index contributed by atoms with van der Waals surface area (Å²) in [4.78, 5) is 16.4. The molecule has 0 radical (unpaired) electrons. The standard InChI is InChI=1S/C17H20N2O3S/c1-23(21,22)12-17(6-7-17)11-19-16(20)9-13-8-14-4-2-3-5-15(14)18-10-13/h2-5,8,10H,6-7,9,11-12H2,1H3,(H,19,20). The van der Waals surface area contributed by atoms with Gasteiger partial charge in [-0.1, -0.05) is 18.2 Å². The number of nitrogens with one attached hydrogen (secondary N) is 1. The van der Waals surface area contributed by atoms with Crippen LogP contribution in [-0.4, -0.2) is 37.9 Å². The lowest BCUT2D eigenvalue weighted by molar-refractivity contribution is -0.120. The zero-order chi connectivity index (χ0) is 16.5. The molecule has 1 fully saturated rings. The Kier molecular flexibility index (Phi) is 4.10. The highest BCUT2D eigenvalue weighted by Crippen LogP contribution is 2.46. The van der Waals surface area contributed by atoms with Crippen molar-refractivity contribution < 1.29 is 13.2 Å². The van der Waals surface area contributed by atoms with Crippen molar-refractivity contribution in [2.24, 2.45) is 5.41 Å². The van der Waals surface area contributed by atoms with Gasteiger partial charge >= 0.3 is 0 Å². The van der Waals surface area contributed by atoms with Crippen LogP contribution in [0.5, 0.6) is 0 Å². The van der Waals surface area contributed by atoms with E-state index in [1.165, 1.54) is 6.26 Å². The van der Waals surface area contributed by atoms with Gasteiger partial charge in [-0.25, -0.2) is 8.42 Å². The molecule has 1 saturated carbocycles. The van der Waals surface area contributed by atoms with Gasteiger partial charge in [-0.15, -0.1) is 0 Å². The first-order valence-electron chi connectivity index (χ1n) is 7.63. The van der Waals surface area contributed by atoms with Gasteiger partial charge in [0.05, 0.1) is 17.7 Å². The molecule has 0 bridgehead atoms. The summed E-state index contributed by atoms with van der Waals surface area (Å²) in [7, 11) is -3.01. The molecule has 0 atom stereocenters. The van der Waals surface area contributed by atoms with Crippen LogP contribution in [0.25, 0.3) is 10.9 Å². The Labute approximate surface area is 136 Å². The van der Waals surface area contributed by atoms with Crippen LogP contribution < -0.4 is 5.32 Å². The van der Waals surface area contributed by atoms with Gasteiger partial charge in [-0.05, 0) is 30.5 Å². The number of fused-ring (bicyclic) bond motifs is 1. The van der Waals surface area contributed by atoms with Crippen LogP contribution in [0.3, 0.4) is 0 Å². The molecule has 0 unspecified atom stereocenters. The predicted molar refractivity (Wildman–Crippen MR) is 89.8 cm³/mol. The van der Waals surface area contributed by atoms with Crippen molar-refractivity contribution in [2.45, 2.75) is 19.3 Å². The predicted octanol–water partition coefficient (Wildman–Crippen LogP) is 1.72. The van der Waals surface area contributed by atoms with Gasteiger partial charge < -0.3 is 5.32 Å². The van der Waals surface area contributed by atoms with Gasteiger partial charge in [0, 0.05) is 29.8 Å². The largest absolute Gasteiger partial charge is 0.355 e. The van der Waals surface area contributed by atoms with E-state index in [2.05, 4.69) is 10.3 Å². The van der Waals surface area contributed by atoms with Gasteiger partial charge in [0.1, 0.15) is 9.84 Å². The summed E-state index contributed by atoms with van der Waals surface area (Å²) in [6, 6.07) is 9.73. The number of benzene rings is 1. The summed E-state index contributed by atoms with van der Waals surface area (Å²) in [6.07, 6.45) is 4.93. The van der Waals surface area contributed by atoms with E-state index in [-0.39, 0.29) is 23.5 Å². The minimum Gasteiger partial charge on any atom is -0.355 e. The molecular formula is C17H20N2O3S. The lowest BCUT2D eigenvalue weighted by Crippen LogP contribution is -2.34. The SMILES string of the molecule is CS(=O)(=O)CC1(CNC(=O)Cc2cnc3ccccc3c2)CC1. The molecule has 3 rings (SSSR count). The third kappa shape index (κ3) is 4.28. The van der Waals surface area contributed by atoms with Crippen LogP contribution in [0.15, 0.2) is 36.5 Å². The maximum atomic E-state index is 12.1. The molecule has 0 aliphatic heterocycles. The number of carbonyl (C=O) groups is 1. The fourth-order valence-electron chi connectivity index (χ4n) is 2.85. The van der Waals surface area contributed by atoms with Gasteiger partial charge in [0.15, 0.2) is 0 Å². The summed E-state index contributed by atoms with van der Waals surface area (Å²) in [5, 5.41) is 3.88. The van der Waals surface area contributed by atoms with E-state index in [1.54, 1.807) is 6.20 Å². The molecule has 1 aliphatic rings. The van der Waals surface area contributed by atoms with E-state index >= 15 is 0 Å². The Bertz CT molecular complexity index is 842. The summed E-state index contributed by atoms with van der Waals surface area (Å²) in [5.41, 5.74) is 1.51. The number of nitrogens with zero attached hydrogens (tertiary/aromatic N) is 1. The molecule has 1 amide bonds. The first kappa shape index (κ1) is 15.9. The van der Waals surface area contributed by atoms with Gasteiger partial charge in [-0.3, -0.25) is 9.78 Å². The summed E-state index contributed by atoms with van der Waals surface area (Å²) in [6.45, 7) is 0.430. The Hall–Kier alpha value is -1.95. The van der Waals surface area contributed by atoms with E-state index in [1.807, 2.05) is 30.3 Å². The van der Waals surface area contributed by atoms with Crippen LogP contribution in [0.1, 0.15) is 18.4 Å². The molecule has 1 aliphatic carbocycles. The topological polar surface area (TPSA) is 76.1 Å². The fraction of sp³-hybridized carbons (Fsp3) is 0.412. The summed E-state index contributed by atoms with van der Waals surface area (Å²) >= 11 is 0. The second-order valence-corrected chi connectivity index (χ2v) is 8.70. The number of rotatable bonds is 6. The van der Waals surface area contributed by atoms with Crippen LogP contribution in [0.2, 0.25) is 0 Å². The van der Waals surface area contributed by atoms with Crippen LogP contribution in [-0.2, 0) is 21.1 Å². The number of carbonyl (C=O) groups excluding carboxylic acids is 1. The summed E-state index contributed by atoms with van der Waals surface area (Å²) < 4.78 is 22.9. The zero-order valence-corrected chi connectivity index (χ0v) is 13.9. The Morgan fingerprint density at radius 2 is 2.04 bits per heavy atom. The highest BCUT2D eigenvalue weighted by molar-refractivity contribution is 7.90. The first-order chi connectivity index (χ1) is 10.9. The number of hydrogen-bond acceptors (Lipinski definition) is 4.